The van der Waals surface area contributed by atoms with Crippen molar-refractivity contribution in [3.05, 3.63) is 69.3 Å². The molecule has 4 heteroatoms. The molecule has 2 aromatic rings. The van der Waals surface area contributed by atoms with Gasteiger partial charge in [0.2, 0.25) is 0 Å². The number of ether oxygens (including phenoxy) is 2. The highest BCUT2D eigenvalue weighted by Crippen LogP contribution is 2.37. The Morgan fingerprint density at radius 3 is 2.12 bits per heavy atom. The van der Waals surface area contributed by atoms with E-state index in [1.807, 2.05) is 44.2 Å². The van der Waals surface area contributed by atoms with Crippen LogP contribution in [-0.4, -0.2) is 11.8 Å². The molecule has 24 heavy (non-hydrogen) atoms. The van der Waals surface area contributed by atoms with E-state index in [4.69, 9.17) is 9.47 Å². The summed E-state index contributed by atoms with van der Waals surface area (Å²) >= 11 is 2.28. The van der Waals surface area contributed by atoms with Crippen LogP contribution in [0.15, 0.2) is 54.6 Å². The molecule has 0 unspecified atom stereocenters. The number of benzene rings is 2. The Kier molecular flexibility index (Phi) is 5.91. The van der Waals surface area contributed by atoms with Crippen molar-refractivity contribution in [1.29, 1.82) is 0 Å². The SMILES string of the molecule is CC(C)(OC(=O)OCc1ccccc1)C(C)(C)c1ccc(I)cc1. The molecule has 0 radical (unpaired) electrons. The molecule has 3 nitrogen and oxygen atoms in total. The zero-order valence-electron chi connectivity index (χ0n) is 14.5. The quantitative estimate of drug-likeness (QED) is 0.444. The molecule has 128 valence electrons. The molecular formula is C20H23IO3. The molecule has 2 aromatic carbocycles. The predicted molar refractivity (Wildman–Crippen MR) is 104 cm³/mol. The van der Waals surface area contributed by atoms with Gasteiger partial charge in [-0.3, -0.25) is 0 Å². The highest BCUT2D eigenvalue weighted by molar-refractivity contribution is 14.1. The Labute approximate surface area is 157 Å². The molecule has 0 amide bonds. The second-order valence-corrected chi connectivity index (χ2v) is 8.01. The zero-order valence-corrected chi connectivity index (χ0v) is 16.7. The topological polar surface area (TPSA) is 35.5 Å². The zero-order chi connectivity index (χ0) is 17.8. The fraction of sp³-hybridized carbons (Fsp3) is 0.350. The molecular weight excluding hydrogens is 415 g/mol. The van der Waals surface area contributed by atoms with E-state index >= 15 is 0 Å². The van der Waals surface area contributed by atoms with Crippen molar-refractivity contribution in [2.75, 3.05) is 0 Å². The molecule has 0 bridgehead atoms. The lowest BCUT2D eigenvalue weighted by Crippen LogP contribution is -2.46. The van der Waals surface area contributed by atoms with E-state index in [1.54, 1.807) is 0 Å². The molecule has 0 aliphatic carbocycles. The van der Waals surface area contributed by atoms with Crippen LogP contribution in [0.25, 0.3) is 0 Å². The molecule has 0 aliphatic rings. The Morgan fingerprint density at radius 1 is 0.958 bits per heavy atom. The molecule has 0 aromatic heterocycles. The molecule has 0 N–H and O–H groups in total. The summed E-state index contributed by atoms with van der Waals surface area (Å²) in [5.41, 5.74) is 0.976. The van der Waals surface area contributed by atoms with Gasteiger partial charge in [0.05, 0.1) is 0 Å². The van der Waals surface area contributed by atoms with Crippen LogP contribution in [0, 0.1) is 3.57 Å². The average Bonchev–Trinajstić information content (AvgIpc) is 2.54. The minimum atomic E-state index is -0.715. The number of rotatable bonds is 5. The van der Waals surface area contributed by atoms with E-state index in [2.05, 4.69) is 60.7 Å². The van der Waals surface area contributed by atoms with Gasteiger partial charge >= 0.3 is 6.16 Å². The van der Waals surface area contributed by atoms with Crippen LogP contribution in [-0.2, 0) is 21.5 Å². The van der Waals surface area contributed by atoms with Crippen molar-refractivity contribution in [2.24, 2.45) is 0 Å². The molecule has 0 heterocycles. The maximum absolute atomic E-state index is 12.1. The monoisotopic (exact) mass is 438 g/mol. The van der Waals surface area contributed by atoms with E-state index in [0.29, 0.717) is 0 Å². The average molecular weight is 438 g/mol. The van der Waals surface area contributed by atoms with Crippen LogP contribution in [0.2, 0.25) is 0 Å². The van der Waals surface area contributed by atoms with Gasteiger partial charge in [-0.15, -0.1) is 0 Å². The van der Waals surface area contributed by atoms with E-state index in [0.717, 1.165) is 11.1 Å². The third kappa shape index (κ3) is 4.50. The predicted octanol–water partition coefficient (Wildman–Crippen LogP) is 5.70. The first-order valence-electron chi connectivity index (χ1n) is 7.88. The Morgan fingerprint density at radius 2 is 1.54 bits per heavy atom. The highest BCUT2D eigenvalue weighted by Gasteiger charge is 2.42. The Balaban J connectivity index is 2.03. The summed E-state index contributed by atoms with van der Waals surface area (Å²) in [6.07, 6.45) is -0.651. The molecule has 0 fully saturated rings. The largest absolute Gasteiger partial charge is 0.509 e. The van der Waals surface area contributed by atoms with Crippen molar-refractivity contribution >= 4 is 28.7 Å². The summed E-state index contributed by atoms with van der Waals surface area (Å²) in [7, 11) is 0. The van der Waals surface area contributed by atoms with Crippen molar-refractivity contribution in [3.63, 3.8) is 0 Å². The molecule has 2 rings (SSSR count). The summed E-state index contributed by atoms with van der Waals surface area (Å²) in [4.78, 5) is 12.1. The standard InChI is InChI=1S/C20H23IO3/c1-19(2,16-10-12-17(21)13-11-16)20(3,4)24-18(22)23-14-15-8-6-5-7-9-15/h5-13H,14H2,1-4H3. The molecule has 0 spiro atoms. The summed E-state index contributed by atoms with van der Waals surface area (Å²) in [6.45, 7) is 8.17. The summed E-state index contributed by atoms with van der Waals surface area (Å²) < 4.78 is 12.1. The number of carbonyl (C=O) groups is 1. The highest BCUT2D eigenvalue weighted by atomic mass is 127. The fourth-order valence-corrected chi connectivity index (χ4v) is 2.66. The maximum Gasteiger partial charge on any atom is 0.509 e. The summed E-state index contributed by atoms with van der Waals surface area (Å²) in [5, 5.41) is 0. The minimum Gasteiger partial charge on any atom is -0.429 e. The summed E-state index contributed by atoms with van der Waals surface area (Å²) in [6, 6.07) is 17.8. The maximum atomic E-state index is 12.1. The van der Waals surface area contributed by atoms with Crippen LogP contribution in [0.4, 0.5) is 4.79 Å². The van der Waals surface area contributed by atoms with Gasteiger partial charge in [0.1, 0.15) is 12.2 Å². The van der Waals surface area contributed by atoms with Gasteiger partial charge in [0.15, 0.2) is 0 Å². The van der Waals surface area contributed by atoms with E-state index in [-0.39, 0.29) is 12.0 Å². The third-order valence-electron chi connectivity index (χ3n) is 4.61. The Bertz CT molecular complexity index is 676. The second kappa shape index (κ2) is 7.55. The number of carbonyl (C=O) groups excluding carboxylic acids is 1. The third-order valence-corrected chi connectivity index (χ3v) is 5.33. The fourth-order valence-electron chi connectivity index (χ4n) is 2.30. The van der Waals surface area contributed by atoms with Crippen LogP contribution < -0.4 is 0 Å². The minimum absolute atomic E-state index is 0.208. The number of hydrogen-bond acceptors (Lipinski definition) is 3. The molecule has 0 atom stereocenters. The van der Waals surface area contributed by atoms with E-state index < -0.39 is 11.8 Å². The van der Waals surface area contributed by atoms with Gasteiger partial charge in [-0.05, 0) is 59.7 Å². The van der Waals surface area contributed by atoms with Crippen LogP contribution in [0.1, 0.15) is 38.8 Å². The van der Waals surface area contributed by atoms with Gasteiger partial charge < -0.3 is 9.47 Å². The van der Waals surface area contributed by atoms with Crippen molar-refractivity contribution in [3.8, 4) is 0 Å². The van der Waals surface area contributed by atoms with Crippen molar-refractivity contribution < 1.29 is 14.3 Å². The van der Waals surface area contributed by atoms with Crippen LogP contribution >= 0.6 is 22.6 Å². The van der Waals surface area contributed by atoms with E-state index in [1.165, 1.54) is 3.57 Å². The van der Waals surface area contributed by atoms with E-state index in [9.17, 15) is 4.79 Å². The molecule has 0 saturated carbocycles. The molecule has 0 saturated heterocycles. The smallest absolute Gasteiger partial charge is 0.429 e. The summed E-state index contributed by atoms with van der Waals surface area (Å²) in [5.74, 6) is 0. The van der Waals surface area contributed by atoms with Gasteiger partial charge in [-0.2, -0.15) is 0 Å². The lowest BCUT2D eigenvalue weighted by molar-refractivity contribution is -0.0541. The van der Waals surface area contributed by atoms with Gasteiger partial charge in [-0.25, -0.2) is 4.79 Å². The van der Waals surface area contributed by atoms with Gasteiger partial charge in [0, 0.05) is 8.99 Å². The van der Waals surface area contributed by atoms with Crippen molar-refractivity contribution in [1.82, 2.24) is 0 Å². The lowest BCUT2D eigenvalue weighted by Gasteiger charge is -2.40. The number of halogens is 1. The Hall–Kier alpha value is -1.56. The van der Waals surface area contributed by atoms with Crippen LogP contribution in [0.3, 0.4) is 0 Å². The van der Waals surface area contributed by atoms with Gasteiger partial charge in [-0.1, -0.05) is 56.3 Å². The van der Waals surface area contributed by atoms with Crippen LogP contribution in [0.5, 0.6) is 0 Å². The number of hydrogen-bond donors (Lipinski definition) is 0. The first kappa shape index (κ1) is 18.8. The normalized spacial score (nSPS) is 11.9. The van der Waals surface area contributed by atoms with Gasteiger partial charge in [0.25, 0.3) is 0 Å². The van der Waals surface area contributed by atoms with Crippen molar-refractivity contribution in [2.45, 2.75) is 45.3 Å². The second-order valence-electron chi connectivity index (χ2n) is 6.77. The first-order chi connectivity index (χ1) is 11.2. The lowest BCUT2D eigenvalue weighted by atomic mass is 9.72. The first-order valence-corrected chi connectivity index (χ1v) is 8.96. The molecule has 0 aliphatic heterocycles.